The Balaban J connectivity index is 1.50. The molecule has 4 N–H and O–H groups in total. The van der Waals surface area contributed by atoms with E-state index in [1.165, 1.54) is 0 Å². The lowest BCUT2D eigenvalue weighted by atomic mass is 10.1. The van der Waals surface area contributed by atoms with Gasteiger partial charge in [-0.25, -0.2) is 0 Å². The lowest BCUT2D eigenvalue weighted by molar-refractivity contribution is 0.0976. The highest BCUT2D eigenvalue weighted by Crippen LogP contribution is 2.32. The van der Waals surface area contributed by atoms with Crippen LogP contribution in [0, 0.1) is 0 Å². The predicted molar refractivity (Wildman–Crippen MR) is 114 cm³/mol. The highest BCUT2D eigenvalue weighted by molar-refractivity contribution is 7.80. The van der Waals surface area contributed by atoms with Crippen LogP contribution in [0.1, 0.15) is 20.7 Å². The predicted octanol–water partition coefficient (Wildman–Crippen LogP) is 4.12. The molecule has 4 rings (SSSR count). The molecule has 0 aliphatic carbocycles. The van der Waals surface area contributed by atoms with Crippen molar-refractivity contribution in [3.63, 3.8) is 0 Å². The number of thiocarbonyl (C=S) groups is 1. The molecule has 28 heavy (non-hydrogen) atoms. The van der Waals surface area contributed by atoms with Gasteiger partial charge in [0, 0.05) is 11.3 Å². The maximum Gasteiger partial charge on any atom is 0.257 e. The van der Waals surface area contributed by atoms with Crippen LogP contribution in [0.3, 0.4) is 0 Å². The lowest BCUT2D eigenvalue weighted by Gasteiger charge is -2.12. The fourth-order valence-electron chi connectivity index (χ4n) is 2.88. The molecular formula is C21H16N4O2S. The first-order valence-corrected chi connectivity index (χ1v) is 9.00. The second kappa shape index (κ2) is 7.50. The average molecular weight is 388 g/mol. The molecule has 1 heterocycles. The molecule has 0 bridgehead atoms. The van der Waals surface area contributed by atoms with Crippen molar-refractivity contribution < 1.29 is 9.59 Å². The van der Waals surface area contributed by atoms with Crippen molar-refractivity contribution in [2.24, 2.45) is 0 Å². The van der Waals surface area contributed by atoms with Gasteiger partial charge in [0.1, 0.15) is 0 Å². The normalized spacial score (nSPS) is 11.8. The number of benzene rings is 3. The Morgan fingerprint density at radius 3 is 2.25 bits per heavy atom. The first kappa shape index (κ1) is 17.7. The van der Waals surface area contributed by atoms with Gasteiger partial charge in [-0.1, -0.05) is 30.3 Å². The molecule has 0 atom stereocenters. The first-order valence-electron chi connectivity index (χ1n) is 8.59. The van der Waals surface area contributed by atoms with Gasteiger partial charge in [-0.2, -0.15) is 0 Å². The SMILES string of the molecule is O=C(NC(=S)Nc1ccc2c(c1)C(=O)Nc1ccccc1N2)c1ccccc1. The number of rotatable bonds is 2. The van der Waals surface area contributed by atoms with Crippen LogP contribution in [0.2, 0.25) is 0 Å². The smallest absolute Gasteiger partial charge is 0.257 e. The van der Waals surface area contributed by atoms with Crippen molar-refractivity contribution >= 4 is 51.9 Å². The average Bonchev–Trinajstić information content (AvgIpc) is 2.84. The van der Waals surface area contributed by atoms with E-state index in [9.17, 15) is 9.59 Å². The quantitative estimate of drug-likeness (QED) is 0.497. The van der Waals surface area contributed by atoms with E-state index in [-0.39, 0.29) is 16.9 Å². The van der Waals surface area contributed by atoms with Gasteiger partial charge in [-0.3, -0.25) is 14.9 Å². The summed E-state index contributed by atoms with van der Waals surface area (Å²) in [5.41, 5.74) is 3.80. The largest absolute Gasteiger partial charge is 0.353 e. The number of para-hydroxylation sites is 2. The zero-order valence-electron chi connectivity index (χ0n) is 14.7. The third kappa shape index (κ3) is 3.70. The minimum atomic E-state index is -0.303. The van der Waals surface area contributed by atoms with Crippen LogP contribution < -0.4 is 21.3 Å². The van der Waals surface area contributed by atoms with E-state index in [1.54, 1.807) is 42.5 Å². The van der Waals surface area contributed by atoms with Gasteiger partial charge in [-0.05, 0) is 54.7 Å². The highest BCUT2D eigenvalue weighted by atomic mass is 32.1. The van der Waals surface area contributed by atoms with E-state index in [1.807, 2.05) is 30.3 Å². The molecule has 1 aliphatic heterocycles. The maximum absolute atomic E-state index is 12.6. The third-order valence-electron chi connectivity index (χ3n) is 4.23. The monoisotopic (exact) mass is 388 g/mol. The summed E-state index contributed by atoms with van der Waals surface area (Å²) in [6.45, 7) is 0. The fourth-order valence-corrected chi connectivity index (χ4v) is 3.09. The van der Waals surface area contributed by atoms with Gasteiger partial charge in [-0.15, -0.1) is 0 Å². The van der Waals surface area contributed by atoms with Crippen LogP contribution in [0.25, 0.3) is 0 Å². The molecule has 0 aromatic heterocycles. The van der Waals surface area contributed by atoms with Crippen molar-refractivity contribution in [3.8, 4) is 0 Å². The first-order chi connectivity index (χ1) is 13.6. The van der Waals surface area contributed by atoms with E-state index >= 15 is 0 Å². The minimum absolute atomic E-state index is 0.152. The standard InChI is InChI=1S/C21H16N4O2S/c26-19(13-6-2-1-3-7-13)25-21(28)22-14-10-11-16-15(12-14)20(27)24-18-9-5-4-8-17(18)23-16/h1-12,23H,(H,24,27)(H2,22,25,26,28). The number of carbonyl (C=O) groups excluding carboxylic acids is 2. The van der Waals surface area contributed by atoms with Gasteiger partial charge in [0.25, 0.3) is 11.8 Å². The Kier molecular flexibility index (Phi) is 4.74. The summed E-state index contributed by atoms with van der Waals surface area (Å²) in [4.78, 5) is 24.8. The van der Waals surface area contributed by atoms with E-state index in [0.29, 0.717) is 28.2 Å². The van der Waals surface area contributed by atoms with E-state index in [4.69, 9.17) is 12.2 Å². The van der Waals surface area contributed by atoms with Crippen molar-refractivity contribution in [2.75, 3.05) is 16.0 Å². The molecule has 1 aliphatic rings. The van der Waals surface area contributed by atoms with Crippen LogP contribution in [0.5, 0.6) is 0 Å². The van der Waals surface area contributed by atoms with Crippen LogP contribution in [0.4, 0.5) is 22.7 Å². The minimum Gasteiger partial charge on any atom is -0.353 e. The molecule has 0 fully saturated rings. The summed E-state index contributed by atoms with van der Waals surface area (Å²) >= 11 is 5.22. The molecule has 0 spiro atoms. The Morgan fingerprint density at radius 1 is 0.821 bits per heavy atom. The lowest BCUT2D eigenvalue weighted by Crippen LogP contribution is -2.34. The highest BCUT2D eigenvalue weighted by Gasteiger charge is 2.19. The molecule has 3 aromatic carbocycles. The Bertz CT molecular complexity index is 1080. The van der Waals surface area contributed by atoms with E-state index in [2.05, 4.69) is 21.3 Å². The molecular weight excluding hydrogens is 372 g/mol. The zero-order valence-corrected chi connectivity index (χ0v) is 15.5. The summed E-state index contributed by atoms with van der Waals surface area (Å²) in [5, 5.41) is 11.9. The Hall–Kier alpha value is -3.71. The van der Waals surface area contributed by atoms with Crippen molar-refractivity contribution in [1.29, 1.82) is 0 Å². The van der Waals surface area contributed by atoms with Gasteiger partial charge in [0.2, 0.25) is 0 Å². The third-order valence-corrected chi connectivity index (χ3v) is 4.43. The molecule has 0 unspecified atom stereocenters. The molecule has 7 heteroatoms. The molecule has 0 saturated heterocycles. The van der Waals surface area contributed by atoms with E-state index in [0.717, 1.165) is 5.69 Å². The van der Waals surface area contributed by atoms with Crippen LogP contribution >= 0.6 is 12.2 Å². The molecule has 2 amide bonds. The number of fused-ring (bicyclic) bond motifs is 2. The number of hydrogen-bond acceptors (Lipinski definition) is 4. The number of anilines is 4. The molecule has 0 saturated carbocycles. The topological polar surface area (TPSA) is 82.3 Å². The van der Waals surface area contributed by atoms with Gasteiger partial charge in [0.15, 0.2) is 5.11 Å². The molecule has 138 valence electrons. The zero-order chi connectivity index (χ0) is 19.5. The molecule has 0 radical (unpaired) electrons. The maximum atomic E-state index is 12.6. The summed E-state index contributed by atoms with van der Waals surface area (Å²) in [6, 6.07) is 21.5. The number of amides is 2. The van der Waals surface area contributed by atoms with Crippen molar-refractivity contribution in [2.45, 2.75) is 0 Å². The second-order valence-corrected chi connectivity index (χ2v) is 6.57. The van der Waals surface area contributed by atoms with Crippen molar-refractivity contribution in [3.05, 3.63) is 83.9 Å². The number of hydrogen-bond donors (Lipinski definition) is 4. The van der Waals surface area contributed by atoms with Gasteiger partial charge >= 0.3 is 0 Å². The van der Waals surface area contributed by atoms with Crippen LogP contribution in [-0.2, 0) is 0 Å². The molecule has 6 nitrogen and oxygen atoms in total. The van der Waals surface area contributed by atoms with Crippen molar-refractivity contribution in [1.82, 2.24) is 5.32 Å². The second-order valence-electron chi connectivity index (χ2n) is 6.16. The molecule has 3 aromatic rings. The van der Waals surface area contributed by atoms with Crippen LogP contribution in [0.15, 0.2) is 72.8 Å². The summed E-state index contributed by atoms with van der Waals surface area (Å²) in [5.74, 6) is -0.530. The van der Waals surface area contributed by atoms with Gasteiger partial charge < -0.3 is 16.0 Å². The Labute approximate surface area is 167 Å². The fraction of sp³-hybridized carbons (Fsp3) is 0. The summed E-state index contributed by atoms with van der Waals surface area (Å²) in [7, 11) is 0. The summed E-state index contributed by atoms with van der Waals surface area (Å²) in [6.07, 6.45) is 0. The summed E-state index contributed by atoms with van der Waals surface area (Å²) < 4.78 is 0. The van der Waals surface area contributed by atoms with E-state index < -0.39 is 0 Å². The number of carbonyl (C=O) groups is 2. The van der Waals surface area contributed by atoms with Crippen LogP contribution in [-0.4, -0.2) is 16.9 Å². The Morgan fingerprint density at radius 2 is 1.50 bits per heavy atom. The van der Waals surface area contributed by atoms with Gasteiger partial charge in [0.05, 0.1) is 22.6 Å². The number of nitrogens with one attached hydrogen (secondary N) is 4.